The number of rotatable bonds is 4. The second-order valence-corrected chi connectivity index (χ2v) is 15.6. The van der Waals surface area contributed by atoms with Gasteiger partial charge in [0, 0.05) is 16.9 Å². The Balaban J connectivity index is 1.61. The minimum Gasteiger partial charge on any atom is -0.469 e. The molecule has 0 radical (unpaired) electrons. The van der Waals surface area contributed by atoms with Gasteiger partial charge in [0.25, 0.3) is 0 Å². The van der Waals surface area contributed by atoms with E-state index in [2.05, 4.69) is 15.9 Å². The number of ether oxygens (including phenoxy) is 2. The number of hydrogen-bond donors (Lipinski definition) is 0. The van der Waals surface area contributed by atoms with Crippen LogP contribution >= 0.6 is 15.9 Å². The lowest BCUT2D eigenvalue weighted by molar-refractivity contribution is -0.148. The number of sulfone groups is 1. The molecular formula is C31H36BrFN2O7S. The summed E-state index contributed by atoms with van der Waals surface area (Å²) in [6.45, 7) is 5.28. The zero-order valence-corrected chi connectivity index (χ0v) is 27.0. The molecular weight excluding hydrogens is 643 g/mol. The molecule has 1 saturated carbocycles. The van der Waals surface area contributed by atoms with E-state index in [1.165, 1.54) is 24.1 Å². The molecule has 2 amide bonds. The second-order valence-electron chi connectivity index (χ2n) is 12.5. The second kappa shape index (κ2) is 11.5. The van der Waals surface area contributed by atoms with Crippen molar-refractivity contribution in [2.24, 2.45) is 11.8 Å². The van der Waals surface area contributed by atoms with E-state index in [1.807, 2.05) is 0 Å². The summed E-state index contributed by atoms with van der Waals surface area (Å²) in [6, 6.07) is 8.85. The number of anilines is 1. The summed E-state index contributed by atoms with van der Waals surface area (Å²) in [5, 5.41) is 0. The van der Waals surface area contributed by atoms with Gasteiger partial charge in [0.05, 0.1) is 36.2 Å². The van der Waals surface area contributed by atoms with Crippen LogP contribution in [0.5, 0.6) is 0 Å². The van der Waals surface area contributed by atoms with Crippen molar-refractivity contribution in [3.8, 4) is 0 Å². The van der Waals surface area contributed by atoms with Crippen LogP contribution in [0.25, 0.3) is 0 Å². The molecule has 1 aliphatic carbocycles. The molecule has 0 aromatic heterocycles. The van der Waals surface area contributed by atoms with E-state index in [0.717, 1.165) is 12.1 Å². The molecule has 0 spiro atoms. The number of methoxy groups -OCH3 is 1. The van der Waals surface area contributed by atoms with Gasteiger partial charge in [-0.05, 0) is 94.8 Å². The van der Waals surface area contributed by atoms with Crippen LogP contribution < -0.4 is 4.90 Å². The Kier molecular flexibility index (Phi) is 8.41. The molecule has 2 unspecified atom stereocenters. The maximum Gasteiger partial charge on any atom is 0.414 e. The molecule has 2 heterocycles. The molecule has 43 heavy (non-hydrogen) atoms. The van der Waals surface area contributed by atoms with Crippen LogP contribution in [0.3, 0.4) is 0 Å². The summed E-state index contributed by atoms with van der Waals surface area (Å²) >= 11 is 3.46. The monoisotopic (exact) mass is 678 g/mol. The van der Waals surface area contributed by atoms with Crippen LogP contribution in [0.4, 0.5) is 14.9 Å². The van der Waals surface area contributed by atoms with E-state index in [9.17, 15) is 27.2 Å². The fourth-order valence-corrected chi connectivity index (χ4v) is 9.44. The summed E-state index contributed by atoms with van der Waals surface area (Å²) < 4.78 is 52.9. The number of esters is 1. The molecule has 9 nitrogen and oxygen atoms in total. The standard InChI is InChI=1S/C31H36BrFN2O7S/c1-30(2,3)42-29(38)35-18-26-31(24-14-9-21(32)17-25(24)35,43(39,40)23-12-10-22(33)11-13-23)15-16-34(26)27(36)19-5-7-20(8-6-19)28(37)41-4/h9-14,17,19-20,26H,5-8,15-16,18H2,1-4H3. The number of fused-ring (bicyclic) bond motifs is 3. The number of likely N-dealkylation sites (tertiary alicyclic amines) is 1. The smallest absolute Gasteiger partial charge is 0.414 e. The number of nitrogens with zero attached hydrogens (tertiary/aromatic N) is 2. The zero-order valence-electron chi connectivity index (χ0n) is 24.6. The van der Waals surface area contributed by atoms with Gasteiger partial charge in [-0.3, -0.25) is 14.5 Å². The first-order valence-electron chi connectivity index (χ1n) is 14.4. The van der Waals surface area contributed by atoms with Crippen molar-refractivity contribution in [1.82, 2.24) is 4.90 Å². The molecule has 12 heteroatoms. The SMILES string of the molecule is COC(=O)C1CCC(C(=O)N2CCC3(S(=O)(=O)c4ccc(F)cc4)c4ccc(Br)cc4N(C(=O)OC(C)(C)C)CC23)CC1. The zero-order chi connectivity index (χ0) is 31.3. The van der Waals surface area contributed by atoms with E-state index < -0.39 is 44.1 Å². The van der Waals surface area contributed by atoms with Crippen molar-refractivity contribution < 1.29 is 36.7 Å². The summed E-state index contributed by atoms with van der Waals surface area (Å²) in [5.41, 5.74) is -0.0631. The fraction of sp³-hybridized carbons (Fsp3) is 0.516. The number of halogens is 2. The normalized spacial score (nSPS) is 25.5. The lowest BCUT2D eigenvalue weighted by Gasteiger charge is -2.47. The van der Waals surface area contributed by atoms with Crippen molar-refractivity contribution in [3.05, 3.63) is 58.3 Å². The van der Waals surface area contributed by atoms with Crippen LogP contribution in [-0.4, -0.2) is 63.1 Å². The summed E-state index contributed by atoms with van der Waals surface area (Å²) in [5.74, 6) is -1.73. The highest BCUT2D eigenvalue weighted by Crippen LogP contribution is 2.54. The van der Waals surface area contributed by atoms with Crippen LogP contribution in [0.15, 0.2) is 51.8 Å². The third-order valence-electron chi connectivity index (χ3n) is 8.81. The summed E-state index contributed by atoms with van der Waals surface area (Å²) in [7, 11) is -2.88. The number of amides is 2. The minimum absolute atomic E-state index is 0.0635. The Labute approximate surface area is 259 Å². The van der Waals surface area contributed by atoms with Crippen LogP contribution in [0.2, 0.25) is 0 Å². The third kappa shape index (κ3) is 5.56. The molecule has 2 aliphatic heterocycles. The molecule has 2 atom stereocenters. The maximum atomic E-state index is 14.7. The summed E-state index contributed by atoms with van der Waals surface area (Å²) in [4.78, 5) is 42.8. The molecule has 5 rings (SSSR count). The maximum absolute atomic E-state index is 14.7. The van der Waals surface area contributed by atoms with Gasteiger partial charge in [0.1, 0.15) is 16.2 Å². The van der Waals surface area contributed by atoms with E-state index in [-0.39, 0.29) is 42.2 Å². The Morgan fingerprint density at radius 1 is 1.00 bits per heavy atom. The Morgan fingerprint density at radius 2 is 1.63 bits per heavy atom. The van der Waals surface area contributed by atoms with Gasteiger partial charge in [-0.2, -0.15) is 0 Å². The molecule has 2 aromatic carbocycles. The van der Waals surface area contributed by atoms with Crippen molar-refractivity contribution >= 4 is 49.4 Å². The van der Waals surface area contributed by atoms with Gasteiger partial charge in [0.15, 0.2) is 9.84 Å². The van der Waals surface area contributed by atoms with Gasteiger partial charge >= 0.3 is 12.1 Å². The largest absolute Gasteiger partial charge is 0.469 e. The highest BCUT2D eigenvalue weighted by Gasteiger charge is 2.63. The first-order valence-corrected chi connectivity index (χ1v) is 16.7. The highest BCUT2D eigenvalue weighted by molar-refractivity contribution is 9.10. The number of carbonyl (C=O) groups excluding carboxylic acids is 3. The molecule has 2 fully saturated rings. The van der Waals surface area contributed by atoms with Gasteiger partial charge in [-0.25, -0.2) is 17.6 Å². The molecule has 2 aromatic rings. The van der Waals surface area contributed by atoms with Crippen LogP contribution in [0, 0.1) is 17.7 Å². The number of benzene rings is 2. The predicted octanol–water partition coefficient (Wildman–Crippen LogP) is 5.59. The van der Waals surface area contributed by atoms with Crippen LogP contribution in [-0.2, 0) is 33.6 Å². The molecule has 1 saturated heterocycles. The Hall–Kier alpha value is -2.99. The summed E-state index contributed by atoms with van der Waals surface area (Å²) in [6.07, 6.45) is 1.38. The predicted molar refractivity (Wildman–Crippen MR) is 161 cm³/mol. The Morgan fingerprint density at radius 3 is 2.23 bits per heavy atom. The van der Waals surface area contributed by atoms with Gasteiger partial charge < -0.3 is 14.4 Å². The first kappa shape index (κ1) is 31.4. The first-order chi connectivity index (χ1) is 20.2. The van der Waals surface area contributed by atoms with Gasteiger partial charge in [-0.1, -0.05) is 22.0 Å². The van der Waals surface area contributed by atoms with Gasteiger partial charge in [-0.15, -0.1) is 0 Å². The molecule has 0 bridgehead atoms. The topological polar surface area (TPSA) is 110 Å². The van der Waals surface area contributed by atoms with E-state index in [1.54, 1.807) is 43.9 Å². The average Bonchev–Trinajstić information content (AvgIpc) is 3.36. The molecule has 3 aliphatic rings. The quantitative estimate of drug-likeness (QED) is 0.306. The van der Waals surface area contributed by atoms with E-state index in [4.69, 9.17) is 9.47 Å². The number of hydrogen-bond acceptors (Lipinski definition) is 7. The lowest BCUT2D eigenvalue weighted by atomic mass is 9.80. The third-order valence-corrected chi connectivity index (χ3v) is 11.9. The van der Waals surface area contributed by atoms with E-state index in [0.29, 0.717) is 41.4 Å². The minimum atomic E-state index is -4.22. The fourth-order valence-electron chi connectivity index (χ4n) is 6.79. The average molecular weight is 680 g/mol. The van der Waals surface area contributed by atoms with Crippen molar-refractivity contribution in [3.63, 3.8) is 0 Å². The van der Waals surface area contributed by atoms with Crippen molar-refractivity contribution in [2.75, 3.05) is 25.1 Å². The number of carbonyl (C=O) groups is 3. The van der Waals surface area contributed by atoms with Crippen molar-refractivity contribution in [2.45, 2.75) is 74.2 Å². The van der Waals surface area contributed by atoms with Crippen molar-refractivity contribution in [1.29, 1.82) is 0 Å². The van der Waals surface area contributed by atoms with Crippen LogP contribution in [0.1, 0.15) is 58.4 Å². The van der Waals surface area contributed by atoms with E-state index >= 15 is 0 Å². The lowest BCUT2D eigenvalue weighted by Crippen LogP contribution is -2.60. The highest BCUT2D eigenvalue weighted by atomic mass is 79.9. The van der Waals surface area contributed by atoms with Gasteiger partial charge in [0.2, 0.25) is 5.91 Å². The molecule has 0 N–H and O–H groups in total. The Bertz CT molecular complexity index is 1530. The molecule has 232 valence electrons.